The van der Waals surface area contributed by atoms with E-state index in [2.05, 4.69) is 5.32 Å². The molecule has 1 heterocycles. The van der Waals surface area contributed by atoms with Gasteiger partial charge in [-0.15, -0.1) is 24.0 Å². The first-order valence-corrected chi connectivity index (χ1v) is 5.28. The van der Waals surface area contributed by atoms with Gasteiger partial charge in [-0.1, -0.05) is 0 Å². The van der Waals surface area contributed by atoms with Crippen LogP contribution in [0.4, 0.5) is 0 Å². The molecule has 1 fully saturated rings. The Labute approximate surface area is 95.9 Å². The molecule has 0 bridgehead atoms. The van der Waals surface area contributed by atoms with Crippen LogP contribution in [0, 0.1) is 5.92 Å². The van der Waals surface area contributed by atoms with Gasteiger partial charge in [-0.2, -0.15) is 0 Å². The van der Waals surface area contributed by atoms with Crippen LogP contribution in [-0.2, 0) is 9.53 Å². The quantitative estimate of drug-likeness (QED) is 0.600. The van der Waals surface area contributed by atoms with E-state index in [1.165, 1.54) is 12.8 Å². The van der Waals surface area contributed by atoms with E-state index >= 15 is 0 Å². The number of rotatable bonds is 4. The number of alkyl halides is 1. The number of carbonyl (C=O) groups is 1. The van der Waals surface area contributed by atoms with Crippen LogP contribution < -0.4 is 5.32 Å². The minimum absolute atomic E-state index is 0. The van der Waals surface area contributed by atoms with Crippen LogP contribution in [0.15, 0.2) is 0 Å². The molecule has 1 aliphatic heterocycles. The maximum atomic E-state index is 10.7. The second kappa shape index (κ2) is 8.33. The van der Waals surface area contributed by atoms with Crippen molar-refractivity contribution in [3.05, 3.63) is 0 Å². The van der Waals surface area contributed by atoms with Crippen molar-refractivity contribution in [3.8, 4) is 0 Å². The summed E-state index contributed by atoms with van der Waals surface area (Å²) in [6.45, 7) is 2.69. The van der Waals surface area contributed by atoms with Crippen LogP contribution in [-0.4, -0.2) is 31.5 Å². The van der Waals surface area contributed by atoms with Gasteiger partial charge in [-0.05, 0) is 38.3 Å². The van der Waals surface area contributed by atoms with Crippen LogP contribution >= 0.6 is 24.0 Å². The number of halogens is 2. The third kappa shape index (κ3) is 5.68. The summed E-state index contributed by atoms with van der Waals surface area (Å²) in [4.78, 5) is 10.7. The minimum atomic E-state index is -0.314. The van der Waals surface area contributed by atoms with Gasteiger partial charge in [0.15, 0.2) is 0 Å². The number of piperidine rings is 1. The smallest absolute Gasteiger partial charge is 0.320 e. The molecule has 84 valence electrons. The first kappa shape index (κ1) is 14.0. The molecule has 0 aromatic heterocycles. The van der Waals surface area contributed by atoms with Crippen LogP contribution in [0.2, 0.25) is 0 Å². The Morgan fingerprint density at radius 1 is 1.57 bits per heavy atom. The second-order valence-corrected chi connectivity index (χ2v) is 3.62. The molecular weight excluding hydrogens is 225 g/mol. The standard InChI is InChI=1S/C9H16ClNO2.ClH/c10-6-9(12)13-5-3-8-2-1-4-11-7-8;/h8,11H,1-7H2;1H. The van der Waals surface area contributed by atoms with Gasteiger partial charge in [-0.3, -0.25) is 4.79 Å². The Balaban J connectivity index is 0.00000169. The van der Waals surface area contributed by atoms with E-state index in [-0.39, 0.29) is 24.3 Å². The Bertz CT molecular complexity index is 161. The van der Waals surface area contributed by atoms with Gasteiger partial charge >= 0.3 is 5.97 Å². The summed E-state index contributed by atoms with van der Waals surface area (Å²) in [6, 6.07) is 0. The van der Waals surface area contributed by atoms with Gasteiger partial charge in [-0.25, -0.2) is 0 Å². The molecule has 1 rings (SSSR count). The fourth-order valence-electron chi connectivity index (χ4n) is 1.55. The van der Waals surface area contributed by atoms with Crippen molar-refractivity contribution < 1.29 is 9.53 Å². The summed E-state index contributed by atoms with van der Waals surface area (Å²) in [5.74, 6) is 0.311. The Kier molecular flexibility index (Phi) is 8.34. The number of ether oxygens (including phenoxy) is 1. The van der Waals surface area contributed by atoms with Gasteiger partial charge in [0.25, 0.3) is 0 Å². The fraction of sp³-hybridized carbons (Fsp3) is 0.889. The third-order valence-electron chi connectivity index (χ3n) is 2.30. The van der Waals surface area contributed by atoms with E-state index in [4.69, 9.17) is 16.3 Å². The molecule has 1 N–H and O–H groups in total. The van der Waals surface area contributed by atoms with Crippen LogP contribution in [0.1, 0.15) is 19.3 Å². The average molecular weight is 242 g/mol. The zero-order chi connectivity index (χ0) is 9.52. The number of carbonyl (C=O) groups excluding carboxylic acids is 1. The summed E-state index contributed by atoms with van der Waals surface area (Å²) >= 11 is 5.29. The number of hydrogen-bond donors (Lipinski definition) is 1. The van der Waals surface area contributed by atoms with Crippen LogP contribution in [0.5, 0.6) is 0 Å². The SMILES string of the molecule is Cl.O=C(CCl)OCCC1CCCNC1. The minimum Gasteiger partial charge on any atom is -0.465 e. The van der Waals surface area contributed by atoms with Crippen LogP contribution in [0.3, 0.4) is 0 Å². The van der Waals surface area contributed by atoms with E-state index < -0.39 is 0 Å². The van der Waals surface area contributed by atoms with E-state index in [0.717, 1.165) is 19.5 Å². The molecule has 1 saturated heterocycles. The average Bonchev–Trinajstić information content (AvgIpc) is 2.19. The van der Waals surface area contributed by atoms with Crippen molar-refractivity contribution in [2.75, 3.05) is 25.6 Å². The summed E-state index contributed by atoms with van der Waals surface area (Å²) in [7, 11) is 0. The summed E-state index contributed by atoms with van der Waals surface area (Å²) in [5, 5.41) is 3.32. The summed E-state index contributed by atoms with van der Waals surface area (Å²) in [5.41, 5.74) is 0. The number of nitrogens with one attached hydrogen (secondary N) is 1. The highest BCUT2D eigenvalue weighted by Gasteiger charge is 2.12. The number of esters is 1. The number of hydrogen-bond acceptors (Lipinski definition) is 3. The van der Waals surface area contributed by atoms with Gasteiger partial charge < -0.3 is 10.1 Å². The first-order chi connectivity index (χ1) is 6.33. The lowest BCUT2D eigenvalue weighted by atomic mass is 9.97. The van der Waals surface area contributed by atoms with Crippen LogP contribution in [0.25, 0.3) is 0 Å². The molecule has 0 saturated carbocycles. The summed E-state index contributed by atoms with van der Waals surface area (Å²) < 4.78 is 4.90. The van der Waals surface area contributed by atoms with E-state index in [0.29, 0.717) is 12.5 Å². The molecule has 1 aliphatic rings. The molecule has 0 aromatic rings. The zero-order valence-corrected chi connectivity index (χ0v) is 9.70. The zero-order valence-electron chi connectivity index (χ0n) is 8.13. The molecule has 0 radical (unpaired) electrons. The van der Waals surface area contributed by atoms with Gasteiger partial charge in [0.05, 0.1) is 6.61 Å². The molecular formula is C9H17Cl2NO2. The topological polar surface area (TPSA) is 38.3 Å². The van der Waals surface area contributed by atoms with E-state index in [9.17, 15) is 4.79 Å². The molecule has 5 heteroatoms. The summed E-state index contributed by atoms with van der Waals surface area (Å²) in [6.07, 6.45) is 3.43. The molecule has 3 nitrogen and oxygen atoms in total. The Morgan fingerprint density at radius 2 is 2.36 bits per heavy atom. The van der Waals surface area contributed by atoms with Crippen molar-refractivity contribution in [1.82, 2.24) is 5.32 Å². The first-order valence-electron chi connectivity index (χ1n) is 4.75. The molecule has 14 heavy (non-hydrogen) atoms. The Hall–Kier alpha value is 0.01000. The lowest BCUT2D eigenvalue weighted by Gasteiger charge is -2.22. The molecule has 0 aliphatic carbocycles. The van der Waals surface area contributed by atoms with Crippen molar-refractivity contribution in [2.45, 2.75) is 19.3 Å². The molecule has 0 spiro atoms. The maximum absolute atomic E-state index is 10.7. The van der Waals surface area contributed by atoms with Crippen molar-refractivity contribution in [2.24, 2.45) is 5.92 Å². The van der Waals surface area contributed by atoms with Gasteiger partial charge in [0.1, 0.15) is 5.88 Å². The van der Waals surface area contributed by atoms with Crippen molar-refractivity contribution >= 4 is 30.0 Å². The molecule has 1 atom stereocenters. The largest absolute Gasteiger partial charge is 0.465 e. The van der Waals surface area contributed by atoms with Crippen molar-refractivity contribution in [3.63, 3.8) is 0 Å². The van der Waals surface area contributed by atoms with E-state index in [1.807, 2.05) is 0 Å². The predicted molar refractivity (Wildman–Crippen MR) is 59.1 cm³/mol. The molecule has 0 amide bonds. The lowest BCUT2D eigenvalue weighted by molar-refractivity contribution is -0.140. The second-order valence-electron chi connectivity index (χ2n) is 3.36. The highest BCUT2D eigenvalue weighted by atomic mass is 35.5. The van der Waals surface area contributed by atoms with Crippen molar-refractivity contribution in [1.29, 1.82) is 0 Å². The van der Waals surface area contributed by atoms with Gasteiger partial charge in [0.2, 0.25) is 0 Å². The molecule has 1 unspecified atom stereocenters. The fourth-order valence-corrected chi connectivity index (χ4v) is 1.63. The Morgan fingerprint density at radius 3 is 2.93 bits per heavy atom. The third-order valence-corrected chi connectivity index (χ3v) is 2.52. The highest BCUT2D eigenvalue weighted by molar-refractivity contribution is 6.26. The highest BCUT2D eigenvalue weighted by Crippen LogP contribution is 2.13. The monoisotopic (exact) mass is 241 g/mol. The predicted octanol–water partition coefficient (Wildman–Crippen LogP) is 1.58. The lowest BCUT2D eigenvalue weighted by Crippen LogP contribution is -2.30. The molecule has 0 aromatic carbocycles. The normalized spacial score (nSPS) is 21.1. The van der Waals surface area contributed by atoms with E-state index in [1.54, 1.807) is 0 Å². The maximum Gasteiger partial charge on any atom is 0.320 e. The van der Waals surface area contributed by atoms with Gasteiger partial charge in [0, 0.05) is 0 Å².